The van der Waals surface area contributed by atoms with E-state index in [-0.39, 0.29) is 0 Å². The molecule has 0 radical (unpaired) electrons. The summed E-state index contributed by atoms with van der Waals surface area (Å²) in [5, 5.41) is 19.5. The normalized spacial score (nSPS) is 14.6. The van der Waals surface area contributed by atoms with Gasteiger partial charge in [0, 0.05) is 0 Å². The lowest BCUT2D eigenvalue weighted by Gasteiger charge is -2.23. The van der Waals surface area contributed by atoms with E-state index in [0.29, 0.717) is 0 Å². The molecule has 0 saturated carbocycles. The molecule has 3 N–H and O–H groups in total. The number of carboxylic acid groups (broad SMARTS) is 2. The quantitative estimate of drug-likeness (QED) is 0.673. The molecule has 2 atom stereocenters. The summed E-state index contributed by atoms with van der Waals surface area (Å²) >= 11 is 0. The third-order valence-corrected chi connectivity index (χ3v) is 1.83. The van der Waals surface area contributed by atoms with Crippen LogP contribution in [0.3, 0.4) is 0 Å². The van der Waals surface area contributed by atoms with E-state index in [1.54, 1.807) is 20.8 Å². The topological polar surface area (TPSA) is 113 Å². The number of carbonyl (C=O) groups is 3. The number of carbonyl (C=O) groups excluding carboxylic acids is 1. The average molecular weight is 247 g/mol. The van der Waals surface area contributed by atoms with Gasteiger partial charge < -0.3 is 20.3 Å². The van der Waals surface area contributed by atoms with Crippen molar-refractivity contribution in [1.82, 2.24) is 5.32 Å². The minimum Gasteiger partial charge on any atom is -0.481 e. The van der Waals surface area contributed by atoms with Gasteiger partial charge in [0.2, 0.25) is 0 Å². The zero-order chi connectivity index (χ0) is 13.8. The summed E-state index contributed by atoms with van der Waals surface area (Å²) in [6, 6.07) is -1.53. The molecule has 0 rings (SSSR count). The van der Waals surface area contributed by atoms with Crippen molar-refractivity contribution >= 4 is 18.0 Å². The molecule has 0 fully saturated rings. The highest BCUT2D eigenvalue weighted by atomic mass is 16.6. The second-order valence-electron chi connectivity index (χ2n) is 4.59. The van der Waals surface area contributed by atoms with Crippen molar-refractivity contribution in [3.63, 3.8) is 0 Å². The van der Waals surface area contributed by atoms with Crippen LogP contribution in [0.25, 0.3) is 0 Å². The maximum absolute atomic E-state index is 11.3. The third-order valence-electron chi connectivity index (χ3n) is 1.83. The SMILES string of the molecule is C[C@H](C(=O)O)[C@@H](NC(=O)OC(C)(C)C)C(=O)O. The van der Waals surface area contributed by atoms with E-state index < -0.39 is 35.6 Å². The average Bonchev–Trinajstić information content (AvgIpc) is 2.09. The number of carboxylic acids is 2. The molecule has 0 aromatic carbocycles. The van der Waals surface area contributed by atoms with Crippen molar-refractivity contribution in [1.29, 1.82) is 0 Å². The predicted octanol–water partition coefficient (Wildman–Crippen LogP) is 0.685. The monoisotopic (exact) mass is 247 g/mol. The predicted molar refractivity (Wildman–Crippen MR) is 57.6 cm³/mol. The highest BCUT2D eigenvalue weighted by Crippen LogP contribution is 2.09. The van der Waals surface area contributed by atoms with Crippen LogP contribution >= 0.6 is 0 Å². The fraction of sp³-hybridized carbons (Fsp3) is 0.700. The van der Waals surface area contributed by atoms with E-state index in [1.807, 2.05) is 5.32 Å². The summed E-state index contributed by atoms with van der Waals surface area (Å²) in [6.07, 6.45) is -0.960. The molecule has 0 unspecified atom stereocenters. The van der Waals surface area contributed by atoms with Crippen LogP contribution in [0.2, 0.25) is 0 Å². The van der Waals surface area contributed by atoms with Crippen LogP contribution in [-0.2, 0) is 14.3 Å². The zero-order valence-corrected chi connectivity index (χ0v) is 10.2. The van der Waals surface area contributed by atoms with E-state index >= 15 is 0 Å². The molecule has 0 aliphatic carbocycles. The largest absolute Gasteiger partial charge is 0.481 e. The summed E-state index contributed by atoms with van der Waals surface area (Å²) in [7, 11) is 0. The van der Waals surface area contributed by atoms with Gasteiger partial charge in [0.1, 0.15) is 11.6 Å². The Morgan fingerprint density at radius 3 is 1.88 bits per heavy atom. The number of hydrogen-bond acceptors (Lipinski definition) is 4. The van der Waals surface area contributed by atoms with Gasteiger partial charge in [-0.25, -0.2) is 9.59 Å². The van der Waals surface area contributed by atoms with Gasteiger partial charge in [-0.2, -0.15) is 0 Å². The molecule has 0 aliphatic heterocycles. The van der Waals surface area contributed by atoms with Crippen LogP contribution in [0, 0.1) is 5.92 Å². The molecular formula is C10H17NO6. The van der Waals surface area contributed by atoms with E-state index in [0.717, 1.165) is 0 Å². The van der Waals surface area contributed by atoms with Crippen LogP contribution in [0.4, 0.5) is 4.79 Å². The summed E-state index contributed by atoms with van der Waals surface area (Å²) in [4.78, 5) is 32.8. The van der Waals surface area contributed by atoms with Gasteiger partial charge in [-0.05, 0) is 27.7 Å². The molecule has 0 heterocycles. The molecule has 0 aromatic heterocycles. The molecule has 0 aliphatic rings. The lowest BCUT2D eigenvalue weighted by atomic mass is 10.0. The minimum absolute atomic E-state index is 0.778. The van der Waals surface area contributed by atoms with E-state index in [4.69, 9.17) is 14.9 Å². The van der Waals surface area contributed by atoms with E-state index in [1.165, 1.54) is 6.92 Å². The van der Waals surface area contributed by atoms with Gasteiger partial charge in [-0.3, -0.25) is 4.79 Å². The Hall–Kier alpha value is -1.79. The van der Waals surface area contributed by atoms with Crippen molar-refractivity contribution in [2.45, 2.75) is 39.3 Å². The molecular weight excluding hydrogens is 230 g/mol. The van der Waals surface area contributed by atoms with Crippen molar-refractivity contribution in [2.24, 2.45) is 5.92 Å². The molecule has 1 amide bonds. The van der Waals surface area contributed by atoms with Crippen molar-refractivity contribution in [3.8, 4) is 0 Å². The first-order valence-electron chi connectivity index (χ1n) is 4.99. The highest BCUT2D eigenvalue weighted by molar-refractivity contribution is 5.86. The Labute approximate surface area is 98.8 Å². The van der Waals surface area contributed by atoms with Crippen LogP contribution in [0.15, 0.2) is 0 Å². The molecule has 17 heavy (non-hydrogen) atoms. The Balaban J connectivity index is 4.62. The van der Waals surface area contributed by atoms with Gasteiger partial charge in [0.15, 0.2) is 0 Å². The number of hydrogen-bond donors (Lipinski definition) is 3. The molecule has 0 aromatic rings. The second-order valence-corrected chi connectivity index (χ2v) is 4.59. The van der Waals surface area contributed by atoms with Gasteiger partial charge in [-0.15, -0.1) is 0 Å². The molecule has 0 saturated heterocycles. The van der Waals surface area contributed by atoms with Gasteiger partial charge in [-0.1, -0.05) is 0 Å². The molecule has 0 spiro atoms. The van der Waals surface area contributed by atoms with Crippen LogP contribution in [-0.4, -0.2) is 39.9 Å². The summed E-state index contributed by atoms with van der Waals surface area (Å²) in [5.41, 5.74) is -0.778. The first-order valence-corrected chi connectivity index (χ1v) is 4.99. The van der Waals surface area contributed by atoms with E-state index in [2.05, 4.69) is 0 Å². The zero-order valence-electron chi connectivity index (χ0n) is 10.2. The third kappa shape index (κ3) is 5.74. The first kappa shape index (κ1) is 15.2. The van der Waals surface area contributed by atoms with Crippen molar-refractivity contribution in [3.05, 3.63) is 0 Å². The number of amides is 1. The maximum Gasteiger partial charge on any atom is 0.408 e. The number of ether oxygens (including phenoxy) is 1. The number of nitrogens with one attached hydrogen (secondary N) is 1. The Morgan fingerprint density at radius 1 is 1.12 bits per heavy atom. The minimum atomic E-state index is -1.53. The molecule has 98 valence electrons. The number of alkyl carbamates (subject to hydrolysis) is 1. The highest BCUT2D eigenvalue weighted by Gasteiger charge is 2.32. The van der Waals surface area contributed by atoms with Crippen LogP contribution in [0.5, 0.6) is 0 Å². The van der Waals surface area contributed by atoms with Crippen LogP contribution < -0.4 is 5.32 Å². The van der Waals surface area contributed by atoms with Crippen molar-refractivity contribution in [2.75, 3.05) is 0 Å². The smallest absolute Gasteiger partial charge is 0.408 e. The first-order chi connectivity index (χ1) is 7.54. The van der Waals surface area contributed by atoms with Gasteiger partial charge in [0.05, 0.1) is 5.92 Å². The Bertz CT molecular complexity index is 319. The maximum atomic E-state index is 11.3. The Morgan fingerprint density at radius 2 is 1.59 bits per heavy atom. The lowest BCUT2D eigenvalue weighted by Crippen LogP contribution is -2.49. The summed E-state index contributed by atoms with van der Waals surface area (Å²) in [6.45, 7) is 6.04. The molecule has 7 heteroatoms. The summed E-state index contributed by atoms with van der Waals surface area (Å²) < 4.78 is 4.84. The fourth-order valence-electron chi connectivity index (χ4n) is 0.978. The Kier molecular flexibility index (Phi) is 4.93. The number of aliphatic carboxylic acids is 2. The van der Waals surface area contributed by atoms with Crippen molar-refractivity contribution < 1.29 is 29.3 Å². The summed E-state index contributed by atoms with van der Waals surface area (Å²) in [5.74, 6) is -3.99. The molecule has 0 bridgehead atoms. The second kappa shape index (κ2) is 5.51. The van der Waals surface area contributed by atoms with E-state index in [9.17, 15) is 14.4 Å². The van der Waals surface area contributed by atoms with Crippen LogP contribution in [0.1, 0.15) is 27.7 Å². The van der Waals surface area contributed by atoms with Gasteiger partial charge >= 0.3 is 18.0 Å². The fourth-order valence-corrected chi connectivity index (χ4v) is 0.978. The number of rotatable bonds is 4. The molecule has 7 nitrogen and oxygen atoms in total. The lowest BCUT2D eigenvalue weighted by molar-refractivity contribution is -0.150. The standard InChI is InChI=1S/C10H17NO6/c1-5(7(12)13)6(8(14)15)11-9(16)17-10(2,3)4/h5-6H,1-4H3,(H,11,16)(H,12,13)(H,14,15)/t5-,6+/m0/s1. The van der Waals surface area contributed by atoms with Gasteiger partial charge in [0.25, 0.3) is 0 Å².